The average molecular weight is 313 g/mol. The van der Waals surface area contributed by atoms with Crippen LogP contribution in [0, 0.1) is 32.1 Å². The van der Waals surface area contributed by atoms with Crippen molar-refractivity contribution in [1.29, 1.82) is 0 Å². The quantitative estimate of drug-likeness (QED) is 0.681. The molecular formula is C18H17F2N3. The maximum atomic E-state index is 14.6. The zero-order chi connectivity index (χ0) is 16.9. The number of fused-ring (bicyclic) bond motifs is 1. The largest absolute Gasteiger partial charge is 0.351 e. The lowest BCUT2D eigenvalue weighted by Gasteiger charge is -2.29. The summed E-state index contributed by atoms with van der Waals surface area (Å²) in [6, 6.07) is 7.24. The fourth-order valence-corrected chi connectivity index (χ4v) is 3.18. The van der Waals surface area contributed by atoms with E-state index >= 15 is 0 Å². The van der Waals surface area contributed by atoms with Gasteiger partial charge in [0.2, 0.25) is 0 Å². The van der Waals surface area contributed by atoms with Crippen molar-refractivity contribution in [1.82, 2.24) is 0 Å². The Morgan fingerprint density at radius 1 is 1.13 bits per heavy atom. The van der Waals surface area contributed by atoms with Gasteiger partial charge in [-0.15, -0.1) is 0 Å². The van der Waals surface area contributed by atoms with Gasteiger partial charge in [0.1, 0.15) is 12.0 Å². The smallest absolute Gasteiger partial charge is 0.259 e. The molecule has 0 aliphatic carbocycles. The first kappa shape index (κ1) is 15.3. The summed E-state index contributed by atoms with van der Waals surface area (Å²) < 4.78 is 28.7. The number of benzene rings is 2. The van der Waals surface area contributed by atoms with Crippen LogP contribution in [0.4, 0.5) is 31.5 Å². The van der Waals surface area contributed by atoms with Crippen molar-refractivity contribution in [2.24, 2.45) is 0 Å². The summed E-state index contributed by atoms with van der Waals surface area (Å²) in [4.78, 5) is 6.63. The summed E-state index contributed by atoms with van der Waals surface area (Å²) in [6.45, 7) is 12.9. The van der Waals surface area contributed by atoms with E-state index in [0.29, 0.717) is 5.69 Å². The van der Waals surface area contributed by atoms with Gasteiger partial charge in [0.15, 0.2) is 5.82 Å². The van der Waals surface area contributed by atoms with Crippen molar-refractivity contribution in [2.75, 3.05) is 16.8 Å². The third-order valence-electron chi connectivity index (χ3n) is 4.42. The summed E-state index contributed by atoms with van der Waals surface area (Å²) >= 11 is 0. The van der Waals surface area contributed by atoms with Crippen LogP contribution in [-0.4, -0.2) is 13.2 Å². The maximum Gasteiger partial charge on any atom is 0.259 e. The van der Waals surface area contributed by atoms with Crippen LogP contribution in [0.2, 0.25) is 0 Å². The number of hydrogen-bond donors (Lipinski definition) is 0. The van der Waals surface area contributed by atoms with Crippen LogP contribution in [0.1, 0.15) is 18.1 Å². The molecule has 0 radical (unpaired) electrons. The van der Waals surface area contributed by atoms with Gasteiger partial charge in [-0.05, 0) is 38.5 Å². The van der Waals surface area contributed by atoms with Gasteiger partial charge in [-0.3, -0.25) is 0 Å². The molecule has 0 N–H and O–H groups in total. The first-order valence-corrected chi connectivity index (χ1v) is 7.35. The second kappa shape index (κ2) is 5.24. The van der Waals surface area contributed by atoms with Gasteiger partial charge in [-0.25, -0.2) is 13.6 Å². The Kier molecular flexibility index (Phi) is 3.48. The molecular weight excluding hydrogens is 296 g/mol. The van der Waals surface area contributed by atoms with E-state index in [2.05, 4.69) is 4.85 Å². The summed E-state index contributed by atoms with van der Waals surface area (Å²) in [5.41, 5.74) is 3.24. The van der Waals surface area contributed by atoms with Gasteiger partial charge >= 0.3 is 0 Å². The average Bonchev–Trinajstić information content (AvgIpc) is 2.72. The van der Waals surface area contributed by atoms with E-state index in [1.807, 2.05) is 43.9 Å². The third kappa shape index (κ3) is 2.14. The molecule has 0 amide bonds. The Labute approximate surface area is 134 Å². The lowest BCUT2D eigenvalue weighted by Crippen LogP contribution is -2.36. The zero-order valence-corrected chi connectivity index (χ0v) is 13.5. The molecule has 0 fully saturated rings. The number of aryl methyl sites for hydroxylation is 2. The highest BCUT2D eigenvalue weighted by Crippen LogP contribution is 2.48. The summed E-state index contributed by atoms with van der Waals surface area (Å²) in [5.74, 6) is -1.62. The molecule has 5 heteroatoms. The molecule has 3 rings (SSSR count). The summed E-state index contributed by atoms with van der Waals surface area (Å²) in [7, 11) is 1.75. The van der Waals surface area contributed by atoms with Gasteiger partial charge in [0.05, 0.1) is 17.9 Å². The van der Waals surface area contributed by atoms with Gasteiger partial charge in [-0.1, -0.05) is 17.7 Å². The fourth-order valence-electron chi connectivity index (χ4n) is 3.18. The molecule has 1 aliphatic rings. The Hall–Kier alpha value is -2.61. The second-order valence-electron chi connectivity index (χ2n) is 5.90. The second-order valence-corrected chi connectivity index (χ2v) is 5.90. The van der Waals surface area contributed by atoms with Gasteiger partial charge < -0.3 is 9.80 Å². The van der Waals surface area contributed by atoms with Crippen LogP contribution in [0.5, 0.6) is 0 Å². The minimum atomic E-state index is -0.825. The molecule has 1 heterocycles. The molecule has 0 aromatic heterocycles. The minimum Gasteiger partial charge on any atom is -0.351 e. The number of nitrogens with zero attached hydrogens (tertiary/aromatic N) is 3. The van der Waals surface area contributed by atoms with Crippen LogP contribution >= 0.6 is 0 Å². The highest BCUT2D eigenvalue weighted by Gasteiger charge is 2.36. The van der Waals surface area contributed by atoms with E-state index in [4.69, 9.17) is 6.57 Å². The molecule has 0 unspecified atom stereocenters. The third-order valence-corrected chi connectivity index (χ3v) is 4.42. The van der Waals surface area contributed by atoms with Crippen molar-refractivity contribution >= 4 is 22.7 Å². The number of rotatable bonds is 1. The summed E-state index contributed by atoms with van der Waals surface area (Å²) in [6.07, 6.45) is -0.179. The SMILES string of the molecule is [C-]#[N+]c1c(F)cc2c(c1F)N(C)[C@H](C)N2c1ccc(C)cc1C. The van der Waals surface area contributed by atoms with E-state index in [1.54, 1.807) is 11.9 Å². The Balaban J connectivity index is 2.26. The molecule has 23 heavy (non-hydrogen) atoms. The topological polar surface area (TPSA) is 10.8 Å². The lowest BCUT2D eigenvalue weighted by molar-refractivity contribution is 0.594. The molecule has 0 saturated carbocycles. The van der Waals surface area contributed by atoms with Gasteiger partial charge in [-0.2, -0.15) is 0 Å². The van der Waals surface area contributed by atoms with Crippen LogP contribution in [-0.2, 0) is 0 Å². The zero-order valence-electron chi connectivity index (χ0n) is 13.5. The molecule has 3 nitrogen and oxygen atoms in total. The minimum absolute atomic E-state index is 0.179. The van der Waals surface area contributed by atoms with Crippen molar-refractivity contribution in [2.45, 2.75) is 26.9 Å². The van der Waals surface area contributed by atoms with Crippen LogP contribution in [0.3, 0.4) is 0 Å². The van der Waals surface area contributed by atoms with Crippen molar-refractivity contribution in [3.8, 4) is 0 Å². The molecule has 0 saturated heterocycles. The Morgan fingerprint density at radius 3 is 2.43 bits per heavy atom. The van der Waals surface area contributed by atoms with Crippen molar-refractivity contribution in [3.05, 3.63) is 58.4 Å². The van der Waals surface area contributed by atoms with Crippen LogP contribution < -0.4 is 9.80 Å². The van der Waals surface area contributed by atoms with E-state index in [9.17, 15) is 8.78 Å². The van der Waals surface area contributed by atoms with Gasteiger partial charge in [0, 0.05) is 12.7 Å². The molecule has 118 valence electrons. The predicted octanol–water partition coefficient (Wildman–Crippen LogP) is 5.07. The summed E-state index contributed by atoms with van der Waals surface area (Å²) in [5, 5.41) is 0. The number of anilines is 3. The van der Waals surface area contributed by atoms with Crippen molar-refractivity contribution in [3.63, 3.8) is 0 Å². The van der Waals surface area contributed by atoms with Crippen molar-refractivity contribution < 1.29 is 8.78 Å². The number of halogens is 2. The Bertz CT molecular complexity index is 839. The standard InChI is InChI=1S/C18H17F2N3/c1-10-6-7-14(11(2)8-10)23-12(3)22(5)18-15(23)9-13(19)17(21-4)16(18)20/h6-9,12H,1-3,5H3/t12-/m0/s1. The molecule has 2 aromatic rings. The molecule has 0 bridgehead atoms. The highest BCUT2D eigenvalue weighted by molar-refractivity contribution is 5.87. The first-order chi connectivity index (χ1) is 10.9. The van der Waals surface area contributed by atoms with E-state index < -0.39 is 17.3 Å². The van der Waals surface area contributed by atoms with Crippen LogP contribution in [0.25, 0.3) is 4.85 Å². The highest BCUT2D eigenvalue weighted by atomic mass is 19.1. The Morgan fingerprint density at radius 2 is 1.83 bits per heavy atom. The predicted molar refractivity (Wildman–Crippen MR) is 88.5 cm³/mol. The molecule has 0 spiro atoms. The van der Waals surface area contributed by atoms with Gasteiger partial charge in [0.25, 0.3) is 5.69 Å². The first-order valence-electron chi connectivity index (χ1n) is 7.35. The fraction of sp³-hybridized carbons (Fsp3) is 0.278. The normalized spacial score (nSPS) is 16.5. The molecule has 1 aliphatic heterocycles. The molecule has 1 atom stereocenters. The van der Waals surface area contributed by atoms with E-state index in [0.717, 1.165) is 16.8 Å². The molecule has 2 aromatic carbocycles. The maximum absolute atomic E-state index is 14.6. The lowest BCUT2D eigenvalue weighted by atomic mass is 10.1. The van der Waals surface area contributed by atoms with E-state index in [-0.39, 0.29) is 11.9 Å². The van der Waals surface area contributed by atoms with Crippen LogP contribution in [0.15, 0.2) is 24.3 Å². The monoisotopic (exact) mass is 313 g/mol. The van der Waals surface area contributed by atoms with E-state index in [1.165, 1.54) is 6.07 Å². The number of hydrogen-bond acceptors (Lipinski definition) is 2.